The molecule has 0 amide bonds. The number of ether oxygens (including phenoxy) is 1. The first-order chi connectivity index (χ1) is 23.0. The maximum Gasteiger partial charge on any atom is 0.306 e. The molecule has 0 aromatic rings. The average molecular weight is 669 g/mol. The van der Waals surface area contributed by atoms with Gasteiger partial charge >= 0.3 is 5.97 Å². The highest BCUT2D eigenvalue weighted by atomic mass is 16.5. The highest BCUT2D eigenvalue weighted by molar-refractivity contribution is 5.69. The summed E-state index contributed by atoms with van der Waals surface area (Å²) < 4.78 is 6.16. The number of hydrogen-bond donors (Lipinski definition) is 1. The maximum absolute atomic E-state index is 12.9. The fourth-order valence-electron chi connectivity index (χ4n) is 12.1. The Kier molecular flexibility index (Phi) is 15.5. The molecular formula is C45H80O3. The maximum atomic E-state index is 12.9. The van der Waals surface area contributed by atoms with Gasteiger partial charge in [0.05, 0.1) is 6.10 Å². The molecule has 0 heterocycles. The van der Waals surface area contributed by atoms with Crippen LogP contribution in [0.3, 0.4) is 0 Å². The van der Waals surface area contributed by atoms with Gasteiger partial charge in [0.2, 0.25) is 0 Å². The number of aliphatic hydroxyl groups excluding tert-OH is 1. The molecule has 48 heavy (non-hydrogen) atoms. The summed E-state index contributed by atoms with van der Waals surface area (Å²) >= 11 is 0. The molecule has 278 valence electrons. The van der Waals surface area contributed by atoms with E-state index in [-0.39, 0.29) is 34.4 Å². The van der Waals surface area contributed by atoms with Crippen molar-refractivity contribution >= 4 is 5.97 Å². The van der Waals surface area contributed by atoms with E-state index < -0.39 is 0 Å². The molecule has 1 N–H and O–H groups in total. The van der Waals surface area contributed by atoms with Crippen LogP contribution in [0.5, 0.6) is 0 Å². The van der Waals surface area contributed by atoms with E-state index in [0.29, 0.717) is 30.1 Å². The normalized spacial score (nSPS) is 35.1. The average Bonchev–Trinajstić information content (AvgIpc) is 3.29. The molecule has 3 nitrogen and oxygen atoms in total. The molecule has 0 spiro atoms. The van der Waals surface area contributed by atoms with E-state index in [4.69, 9.17) is 4.74 Å². The SMILES string of the molecule is CCCCCCCCCCCCCCCC(=O)O[C@H]1CC[C@@]2(C)[C@@H](CC=C3[C@@H]2CC[C@]2(C)[C@@H]([C@H](C)CCCC(C)C)C[C@@H](O)[C@@]32CC)C1. The van der Waals surface area contributed by atoms with Crippen LogP contribution in [-0.4, -0.2) is 23.3 Å². The van der Waals surface area contributed by atoms with E-state index in [1.165, 1.54) is 103 Å². The summed E-state index contributed by atoms with van der Waals surface area (Å²) in [5.41, 5.74) is 2.01. The molecule has 0 radical (unpaired) electrons. The van der Waals surface area contributed by atoms with Crippen molar-refractivity contribution in [2.24, 2.45) is 45.8 Å². The number of carbonyl (C=O) groups excluding carboxylic acids is 1. The first-order valence-electron chi connectivity index (χ1n) is 21.6. The van der Waals surface area contributed by atoms with Gasteiger partial charge in [-0.05, 0) is 98.2 Å². The second-order valence-corrected chi connectivity index (χ2v) is 18.5. The van der Waals surface area contributed by atoms with E-state index >= 15 is 0 Å². The van der Waals surface area contributed by atoms with Gasteiger partial charge in [-0.3, -0.25) is 4.79 Å². The van der Waals surface area contributed by atoms with E-state index in [9.17, 15) is 9.90 Å². The third-order valence-electron chi connectivity index (χ3n) is 15.1. The van der Waals surface area contributed by atoms with E-state index in [2.05, 4.69) is 54.5 Å². The van der Waals surface area contributed by atoms with Crippen LogP contribution < -0.4 is 0 Å². The third-order valence-corrected chi connectivity index (χ3v) is 15.1. The predicted octanol–water partition coefficient (Wildman–Crippen LogP) is 13.2. The molecule has 0 aliphatic heterocycles. The van der Waals surface area contributed by atoms with Crippen molar-refractivity contribution in [2.75, 3.05) is 0 Å². The molecule has 9 atom stereocenters. The summed E-state index contributed by atoms with van der Waals surface area (Å²) in [6, 6.07) is 0. The van der Waals surface area contributed by atoms with Crippen LogP contribution in [0.25, 0.3) is 0 Å². The van der Waals surface area contributed by atoms with E-state index in [1.807, 2.05) is 0 Å². The molecule has 0 aromatic heterocycles. The van der Waals surface area contributed by atoms with Crippen LogP contribution in [-0.2, 0) is 9.53 Å². The van der Waals surface area contributed by atoms with Crippen molar-refractivity contribution in [1.82, 2.24) is 0 Å². The molecule has 0 saturated heterocycles. The summed E-state index contributed by atoms with van der Waals surface area (Å²) in [4.78, 5) is 12.9. The topological polar surface area (TPSA) is 46.5 Å². The Hall–Kier alpha value is -0.830. The highest BCUT2D eigenvalue weighted by Crippen LogP contribution is 2.73. The molecule has 0 aromatic carbocycles. The van der Waals surface area contributed by atoms with Crippen LogP contribution in [0.1, 0.15) is 209 Å². The van der Waals surface area contributed by atoms with Crippen molar-refractivity contribution in [3.8, 4) is 0 Å². The summed E-state index contributed by atoms with van der Waals surface area (Å²) in [6.07, 6.45) is 33.1. The lowest BCUT2D eigenvalue weighted by molar-refractivity contribution is -0.156. The third kappa shape index (κ3) is 8.96. The Morgan fingerprint density at radius 1 is 0.833 bits per heavy atom. The van der Waals surface area contributed by atoms with Crippen LogP contribution in [0.15, 0.2) is 11.6 Å². The van der Waals surface area contributed by atoms with Crippen LogP contribution in [0, 0.1) is 45.8 Å². The summed E-state index contributed by atoms with van der Waals surface area (Å²) in [5.74, 6) is 3.24. The van der Waals surface area contributed by atoms with Crippen molar-refractivity contribution in [3.05, 3.63) is 11.6 Å². The monoisotopic (exact) mass is 669 g/mol. The quantitative estimate of drug-likeness (QED) is 0.0752. The molecule has 0 bridgehead atoms. The number of carbonyl (C=O) groups is 1. The molecule has 4 rings (SSSR count). The Morgan fingerprint density at radius 3 is 2.06 bits per heavy atom. The molecule has 3 heteroatoms. The number of fused-ring (bicyclic) bond motifs is 5. The van der Waals surface area contributed by atoms with Gasteiger partial charge in [0.25, 0.3) is 0 Å². The zero-order valence-corrected chi connectivity index (χ0v) is 33.1. The molecular weight excluding hydrogens is 588 g/mol. The van der Waals surface area contributed by atoms with Gasteiger partial charge in [0.15, 0.2) is 0 Å². The number of unbranched alkanes of at least 4 members (excludes halogenated alkanes) is 12. The van der Waals surface area contributed by atoms with Gasteiger partial charge in [-0.15, -0.1) is 0 Å². The van der Waals surface area contributed by atoms with Crippen LogP contribution in [0.2, 0.25) is 0 Å². The van der Waals surface area contributed by atoms with Gasteiger partial charge in [-0.1, -0.05) is 156 Å². The predicted molar refractivity (Wildman–Crippen MR) is 204 cm³/mol. The summed E-state index contributed by atoms with van der Waals surface area (Å²) in [5, 5.41) is 12.0. The molecule has 0 unspecified atom stereocenters. The van der Waals surface area contributed by atoms with Gasteiger partial charge in [-0.25, -0.2) is 0 Å². The minimum atomic E-state index is -0.221. The highest BCUT2D eigenvalue weighted by Gasteiger charge is 2.68. The van der Waals surface area contributed by atoms with Crippen molar-refractivity contribution in [3.63, 3.8) is 0 Å². The van der Waals surface area contributed by atoms with Crippen molar-refractivity contribution in [2.45, 2.75) is 221 Å². The Balaban J connectivity index is 1.23. The molecule has 4 aliphatic carbocycles. The second kappa shape index (κ2) is 18.6. The van der Waals surface area contributed by atoms with Gasteiger partial charge in [-0.2, -0.15) is 0 Å². The smallest absolute Gasteiger partial charge is 0.306 e. The van der Waals surface area contributed by atoms with Crippen molar-refractivity contribution in [1.29, 1.82) is 0 Å². The van der Waals surface area contributed by atoms with E-state index in [1.54, 1.807) is 5.57 Å². The zero-order chi connectivity index (χ0) is 34.8. The Labute approximate surface area is 298 Å². The number of esters is 1. The molecule has 3 saturated carbocycles. The number of hydrogen-bond acceptors (Lipinski definition) is 3. The lowest BCUT2D eigenvalue weighted by Crippen LogP contribution is -2.56. The van der Waals surface area contributed by atoms with Gasteiger partial charge in [0, 0.05) is 11.8 Å². The molecule has 4 aliphatic rings. The standard InChI is InChI=1S/C45H80O3/c1-8-10-11-12-13-14-15-16-17-18-19-20-21-25-42(47)48-37-28-30-43(6)36(32-37)26-27-39-38(43)29-31-44(7)40(33-41(46)45(39,44)9-2)35(5)24-22-23-34(3)4/h27,34-38,40-41,46H,8-26,28-33H2,1-7H3/t35-,36+,37+,38+,40-,41-,43+,44-,45-/m1/s1. The Bertz CT molecular complexity index is 1000. The minimum Gasteiger partial charge on any atom is -0.462 e. The summed E-state index contributed by atoms with van der Waals surface area (Å²) in [7, 11) is 0. The first kappa shape index (κ1) is 39.9. The van der Waals surface area contributed by atoms with Crippen LogP contribution in [0.4, 0.5) is 0 Å². The fourth-order valence-corrected chi connectivity index (χ4v) is 12.1. The number of aliphatic hydroxyl groups is 1. The fraction of sp³-hybridized carbons (Fsp3) is 0.933. The van der Waals surface area contributed by atoms with Gasteiger partial charge in [0.1, 0.15) is 6.10 Å². The van der Waals surface area contributed by atoms with Gasteiger partial charge < -0.3 is 9.84 Å². The van der Waals surface area contributed by atoms with Crippen LogP contribution >= 0.6 is 0 Å². The largest absolute Gasteiger partial charge is 0.462 e. The lowest BCUT2D eigenvalue weighted by atomic mass is 9.42. The lowest BCUT2D eigenvalue weighted by Gasteiger charge is -2.62. The minimum absolute atomic E-state index is 0.0414. The number of allylic oxidation sites excluding steroid dienone is 1. The number of rotatable bonds is 21. The van der Waals surface area contributed by atoms with E-state index in [0.717, 1.165) is 57.3 Å². The Morgan fingerprint density at radius 2 is 1.46 bits per heavy atom. The van der Waals surface area contributed by atoms with Crippen molar-refractivity contribution < 1.29 is 14.6 Å². The molecule has 3 fully saturated rings. The zero-order valence-electron chi connectivity index (χ0n) is 33.1. The second-order valence-electron chi connectivity index (χ2n) is 18.5. The summed E-state index contributed by atoms with van der Waals surface area (Å²) in [6.45, 7) is 17.0. The first-order valence-corrected chi connectivity index (χ1v) is 21.6.